The lowest BCUT2D eigenvalue weighted by Crippen LogP contribution is -2.48. The molecule has 11 heteroatoms. The summed E-state index contributed by atoms with van der Waals surface area (Å²) in [5, 5.41) is 13.8. The molecule has 198 valence electrons. The highest BCUT2D eigenvalue weighted by atomic mass is 19.4. The van der Waals surface area contributed by atoms with Gasteiger partial charge in [0.1, 0.15) is 17.4 Å². The molecule has 0 saturated carbocycles. The Labute approximate surface area is 212 Å². The van der Waals surface area contributed by atoms with Crippen molar-refractivity contribution in [3.63, 3.8) is 0 Å². The van der Waals surface area contributed by atoms with E-state index < -0.39 is 29.1 Å². The van der Waals surface area contributed by atoms with Crippen molar-refractivity contribution in [2.75, 3.05) is 31.7 Å². The zero-order valence-electron chi connectivity index (χ0n) is 20.7. The molecular weight excluding hydrogens is 490 g/mol. The number of aromatic nitrogens is 1. The summed E-state index contributed by atoms with van der Waals surface area (Å²) >= 11 is 0. The van der Waals surface area contributed by atoms with Crippen LogP contribution >= 0.6 is 0 Å². The maximum Gasteiger partial charge on any atom is 0.417 e. The van der Waals surface area contributed by atoms with E-state index in [-0.39, 0.29) is 35.9 Å². The fraction of sp³-hybridized carbons (Fsp3) is 0.500. The van der Waals surface area contributed by atoms with E-state index in [0.29, 0.717) is 37.0 Å². The van der Waals surface area contributed by atoms with Gasteiger partial charge in [0, 0.05) is 31.9 Å². The highest BCUT2D eigenvalue weighted by Gasteiger charge is 2.37. The van der Waals surface area contributed by atoms with Gasteiger partial charge in [-0.1, -0.05) is 12.1 Å². The van der Waals surface area contributed by atoms with Gasteiger partial charge in [0.2, 0.25) is 5.91 Å². The van der Waals surface area contributed by atoms with E-state index in [1.54, 1.807) is 25.1 Å². The molecule has 0 bridgehead atoms. The van der Waals surface area contributed by atoms with E-state index >= 15 is 4.39 Å². The first-order valence-corrected chi connectivity index (χ1v) is 12.3. The van der Waals surface area contributed by atoms with Gasteiger partial charge in [-0.15, -0.1) is 0 Å². The quantitative estimate of drug-likeness (QED) is 0.410. The third-order valence-electron chi connectivity index (χ3n) is 6.90. The summed E-state index contributed by atoms with van der Waals surface area (Å²) < 4.78 is 61.6. The molecule has 7 nitrogen and oxygen atoms in total. The predicted molar refractivity (Wildman–Crippen MR) is 128 cm³/mol. The van der Waals surface area contributed by atoms with Gasteiger partial charge in [0.05, 0.1) is 17.6 Å². The standard InChI is InChI=1S/C26H29F4N5O2/c1-15-11-21(26(28,29)30)20(12-31)24(33-15)34-35-9-8-17(5-4-10-37-18-13-32-14-18)23-19(16(2)25(35)36)6-3-7-22(23)27/h3,6-7,11,16-18,32H,4-5,8-10,13-14H2,1-2H3,(H,33,34)/t16-,17-/m0/s1. The zero-order chi connectivity index (χ0) is 26.7. The molecule has 2 N–H and O–H groups in total. The van der Waals surface area contributed by atoms with Gasteiger partial charge in [-0.3, -0.25) is 15.2 Å². The fourth-order valence-corrected chi connectivity index (χ4v) is 4.85. The lowest BCUT2D eigenvalue weighted by Gasteiger charge is -2.34. The average Bonchev–Trinajstić information content (AvgIpc) is 2.81. The van der Waals surface area contributed by atoms with E-state index in [1.165, 1.54) is 18.0 Å². The minimum Gasteiger partial charge on any atom is -0.376 e. The van der Waals surface area contributed by atoms with Crippen LogP contribution in [0.5, 0.6) is 0 Å². The Bertz CT molecular complexity index is 1190. The number of carbonyl (C=O) groups excluding carboxylic acids is 1. The number of alkyl halides is 3. The molecule has 1 amide bonds. The Morgan fingerprint density at radius 2 is 2.08 bits per heavy atom. The highest BCUT2D eigenvalue weighted by molar-refractivity contribution is 5.85. The van der Waals surface area contributed by atoms with Crippen LogP contribution in [0.4, 0.5) is 23.4 Å². The van der Waals surface area contributed by atoms with Crippen LogP contribution in [0.1, 0.15) is 66.0 Å². The fourth-order valence-electron chi connectivity index (χ4n) is 4.85. The number of nitriles is 1. The molecule has 2 aromatic rings. The molecule has 0 unspecified atom stereocenters. The first kappa shape index (κ1) is 26.8. The number of aryl methyl sites for hydroxylation is 1. The largest absolute Gasteiger partial charge is 0.417 e. The van der Waals surface area contributed by atoms with Gasteiger partial charge in [-0.05, 0) is 62.3 Å². The van der Waals surface area contributed by atoms with Crippen LogP contribution in [-0.4, -0.2) is 48.2 Å². The van der Waals surface area contributed by atoms with Crippen molar-refractivity contribution in [3.05, 3.63) is 58.0 Å². The molecular formula is C26H29F4N5O2. The Morgan fingerprint density at radius 1 is 1.32 bits per heavy atom. The number of hydrazine groups is 1. The lowest BCUT2D eigenvalue weighted by atomic mass is 9.82. The number of hydrogen-bond donors (Lipinski definition) is 2. The van der Waals surface area contributed by atoms with Crippen LogP contribution in [0, 0.1) is 24.1 Å². The molecule has 3 heterocycles. The summed E-state index contributed by atoms with van der Waals surface area (Å²) in [6.07, 6.45) is -2.90. The van der Waals surface area contributed by atoms with E-state index in [2.05, 4.69) is 15.7 Å². The molecule has 0 radical (unpaired) electrons. The van der Waals surface area contributed by atoms with Gasteiger partial charge in [0.25, 0.3) is 0 Å². The molecule has 4 rings (SSSR count). The zero-order valence-corrected chi connectivity index (χ0v) is 20.7. The summed E-state index contributed by atoms with van der Waals surface area (Å²) in [6.45, 7) is 5.28. The second-order valence-electron chi connectivity index (χ2n) is 9.49. The van der Waals surface area contributed by atoms with Crippen molar-refractivity contribution in [3.8, 4) is 6.07 Å². The SMILES string of the molecule is Cc1cc(C(F)(F)F)c(C#N)c(NN2CC[C@H](CCCOC3CNC3)c3c(F)cccc3[C@H](C)C2=O)n1. The molecule has 37 heavy (non-hydrogen) atoms. The minimum atomic E-state index is -4.76. The van der Waals surface area contributed by atoms with E-state index in [4.69, 9.17) is 4.74 Å². The topological polar surface area (TPSA) is 90.3 Å². The molecule has 1 fully saturated rings. The number of ether oxygens (including phenoxy) is 1. The van der Waals surface area contributed by atoms with Crippen molar-refractivity contribution >= 4 is 11.7 Å². The lowest BCUT2D eigenvalue weighted by molar-refractivity contribution is -0.137. The molecule has 2 atom stereocenters. The number of nitrogens with zero attached hydrogens (tertiary/aromatic N) is 3. The van der Waals surface area contributed by atoms with Crippen molar-refractivity contribution in [1.82, 2.24) is 15.3 Å². The predicted octanol–water partition coefficient (Wildman–Crippen LogP) is 4.63. The Morgan fingerprint density at radius 3 is 2.73 bits per heavy atom. The summed E-state index contributed by atoms with van der Waals surface area (Å²) in [4.78, 5) is 17.5. The van der Waals surface area contributed by atoms with E-state index in [9.17, 15) is 23.2 Å². The van der Waals surface area contributed by atoms with Crippen LogP contribution in [0.15, 0.2) is 24.3 Å². The normalized spacial score (nSPS) is 20.5. The van der Waals surface area contributed by atoms with Crippen molar-refractivity contribution in [1.29, 1.82) is 5.26 Å². The summed E-state index contributed by atoms with van der Waals surface area (Å²) in [5.41, 5.74) is 1.97. The summed E-state index contributed by atoms with van der Waals surface area (Å²) in [5.74, 6) is -2.17. The molecule has 1 aromatic heterocycles. The Balaban J connectivity index is 1.61. The van der Waals surface area contributed by atoms with Crippen molar-refractivity contribution in [2.24, 2.45) is 0 Å². The summed E-state index contributed by atoms with van der Waals surface area (Å²) in [6, 6.07) is 7.02. The van der Waals surface area contributed by atoms with Crippen LogP contribution in [0.25, 0.3) is 0 Å². The number of rotatable bonds is 7. The average molecular weight is 520 g/mol. The summed E-state index contributed by atoms with van der Waals surface area (Å²) in [7, 11) is 0. The number of amides is 1. The van der Waals surface area contributed by atoms with Gasteiger partial charge < -0.3 is 10.1 Å². The minimum absolute atomic E-state index is 0.0494. The van der Waals surface area contributed by atoms with Gasteiger partial charge in [0.15, 0.2) is 5.82 Å². The molecule has 1 aromatic carbocycles. The Hall–Kier alpha value is -3.23. The van der Waals surface area contributed by atoms with Gasteiger partial charge >= 0.3 is 6.18 Å². The molecule has 0 aliphatic carbocycles. The number of halogens is 4. The monoisotopic (exact) mass is 519 g/mol. The second-order valence-corrected chi connectivity index (χ2v) is 9.49. The van der Waals surface area contributed by atoms with Crippen molar-refractivity contribution in [2.45, 2.75) is 57.2 Å². The van der Waals surface area contributed by atoms with Crippen molar-refractivity contribution < 1.29 is 27.1 Å². The number of hydrogen-bond acceptors (Lipinski definition) is 6. The number of carbonyl (C=O) groups is 1. The van der Waals surface area contributed by atoms with E-state index in [0.717, 1.165) is 19.2 Å². The third kappa shape index (κ3) is 5.86. The highest BCUT2D eigenvalue weighted by Crippen LogP contribution is 2.38. The van der Waals surface area contributed by atoms with Crippen LogP contribution < -0.4 is 10.7 Å². The number of benzene rings is 1. The maximum absolute atomic E-state index is 15.0. The second kappa shape index (κ2) is 11.0. The van der Waals surface area contributed by atoms with E-state index in [1.807, 2.05) is 0 Å². The number of nitrogens with one attached hydrogen (secondary N) is 2. The first-order valence-electron chi connectivity index (χ1n) is 12.3. The molecule has 0 spiro atoms. The molecule has 2 aliphatic rings. The van der Waals surface area contributed by atoms with Gasteiger partial charge in [-0.2, -0.15) is 18.4 Å². The molecule has 1 saturated heterocycles. The molecule has 2 aliphatic heterocycles. The van der Waals surface area contributed by atoms with Crippen LogP contribution in [0.3, 0.4) is 0 Å². The number of pyridine rings is 1. The first-order chi connectivity index (χ1) is 17.6. The number of anilines is 1. The van der Waals surface area contributed by atoms with Gasteiger partial charge in [-0.25, -0.2) is 9.37 Å². The number of fused-ring (bicyclic) bond motifs is 1. The maximum atomic E-state index is 15.0. The third-order valence-corrected chi connectivity index (χ3v) is 6.90. The smallest absolute Gasteiger partial charge is 0.376 e. The van der Waals surface area contributed by atoms with Crippen LogP contribution in [-0.2, 0) is 15.7 Å². The Kier molecular flexibility index (Phi) is 7.99. The van der Waals surface area contributed by atoms with Crippen LogP contribution in [0.2, 0.25) is 0 Å².